The number of hydrogen-bond acceptors (Lipinski definition) is 3. The quantitative estimate of drug-likeness (QED) is 0.899. The van der Waals surface area contributed by atoms with Crippen LogP contribution in [0, 0.1) is 5.92 Å². The van der Waals surface area contributed by atoms with E-state index in [1.165, 1.54) is 6.42 Å². The summed E-state index contributed by atoms with van der Waals surface area (Å²) in [6.45, 7) is 4.10. The summed E-state index contributed by atoms with van der Waals surface area (Å²) in [5, 5.41) is 4.07. The lowest BCUT2D eigenvalue weighted by Crippen LogP contribution is -2.42. The maximum Gasteiger partial charge on any atom is 0.222 e. The van der Waals surface area contributed by atoms with E-state index in [0.717, 1.165) is 30.1 Å². The van der Waals surface area contributed by atoms with E-state index in [1.54, 1.807) is 0 Å². The fourth-order valence-corrected chi connectivity index (χ4v) is 3.33. The van der Waals surface area contributed by atoms with E-state index >= 15 is 0 Å². The minimum atomic E-state index is -0.0388. The number of rotatable bonds is 4. The molecular formula is C17H24Cl2N2O2. The van der Waals surface area contributed by atoms with Crippen molar-refractivity contribution in [2.75, 3.05) is 32.8 Å². The molecule has 0 radical (unpaired) electrons. The Balaban J connectivity index is 0.00000192. The Morgan fingerprint density at radius 1 is 1.35 bits per heavy atom. The molecule has 0 aliphatic carbocycles. The average Bonchev–Trinajstić information content (AvgIpc) is 3.07. The van der Waals surface area contributed by atoms with Gasteiger partial charge < -0.3 is 15.0 Å². The third-order valence-electron chi connectivity index (χ3n) is 4.59. The normalized spacial score (nSPS) is 24.3. The Kier molecular flexibility index (Phi) is 7.15. The highest BCUT2D eigenvalue weighted by Gasteiger charge is 2.26. The van der Waals surface area contributed by atoms with Crippen LogP contribution >= 0.6 is 24.0 Å². The molecule has 128 valence electrons. The van der Waals surface area contributed by atoms with Gasteiger partial charge in [0.05, 0.1) is 13.2 Å². The van der Waals surface area contributed by atoms with Gasteiger partial charge in [-0.05, 0) is 49.5 Å². The molecule has 6 heteroatoms. The number of morpholine rings is 1. The van der Waals surface area contributed by atoms with Crippen molar-refractivity contribution in [2.24, 2.45) is 5.92 Å². The molecule has 2 saturated heterocycles. The number of hydrogen-bond donors (Lipinski definition) is 1. The first-order chi connectivity index (χ1) is 10.7. The van der Waals surface area contributed by atoms with E-state index in [-0.39, 0.29) is 24.4 Å². The van der Waals surface area contributed by atoms with Gasteiger partial charge in [-0.1, -0.05) is 23.7 Å². The molecule has 2 atom stereocenters. The van der Waals surface area contributed by atoms with Crippen LogP contribution in [0.3, 0.4) is 0 Å². The summed E-state index contributed by atoms with van der Waals surface area (Å²) in [4.78, 5) is 14.4. The van der Waals surface area contributed by atoms with Crippen molar-refractivity contribution < 1.29 is 9.53 Å². The highest BCUT2D eigenvalue weighted by Crippen LogP contribution is 2.24. The molecule has 1 N–H and O–H groups in total. The molecule has 3 rings (SSSR count). The maximum atomic E-state index is 12.4. The number of nitrogens with one attached hydrogen (secondary N) is 1. The minimum absolute atomic E-state index is 0. The number of carbonyl (C=O) groups is 1. The molecule has 2 aliphatic rings. The molecule has 0 aromatic heterocycles. The number of benzene rings is 1. The van der Waals surface area contributed by atoms with Gasteiger partial charge in [0.2, 0.25) is 5.91 Å². The molecule has 2 aliphatic heterocycles. The molecule has 2 heterocycles. The molecule has 1 aromatic rings. The van der Waals surface area contributed by atoms with Crippen LogP contribution in [0.15, 0.2) is 24.3 Å². The van der Waals surface area contributed by atoms with Crippen molar-refractivity contribution in [3.8, 4) is 0 Å². The molecule has 0 spiro atoms. The molecular weight excluding hydrogens is 335 g/mol. The number of amides is 1. The van der Waals surface area contributed by atoms with Crippen molar-refractivity contribution in [2.45, 2.75) is 25.4 Å². The van der Waals surface area contributed by atoms with Crippen molar-refractivity contribution in [1.29, 1.82) is 0 Å². The first kappa shape index (κ1) is 18.5. The first-order valence-electron chi connectivity index (χ1n) is 8.08. The van der Waals surface area contributed by atoms with E-state index in [4.69, 9.17) is 16.3 Å². The average molecular weight is 359 g/mol. The van der Waals surface area contributed by atoms with E-state index < -0.39 is 0 Å². The summed E-state index contributed by atoms with van der Waals surface area (Å²) < 4.78 is 5.82. The standard InChI is InChI=1S/C17H23ClN2O2.ClH/c18-15-4-2-14(3-5-15)16-12-20(9-10-22-16)17(21)6-1-13-7-8-19-11-13;/h2-5,13,16,19H,1,6-12H2;1H. The zero-order valence-corrected chi connectivity index (χ0v) is 14.7. The van der Waals surface area contributed by atoms with Gasteiger partial charge in [-0.3, -0.25) is 4.79 Å². The van der Waals surface area contributed by atoms with Gasteiger partial charge in [-0.15, -0.1) is 12.4 Å². The van der Waals surface area contributed by atoms with Crippen LogP contribution < -0.4 is 5.32 Å². The third-order valence-corrected chi connectivity index (χ3v) is 4.84. The Bertz CT molecular complexity index is 504. The van der Waals surface area contributed by atoms with Crippen molar-refractivity contribution >= 4 is 29.9 Å². The summed E-state index contributed by atoms with van der Waals surface area (Å²) in [6.07, 6.45) is 2.81. The Morgan fingerprint density at radius 3 is 2.83 bits per heavy atom. The van der Waals surface area contributed by atoms with Gasteiger partial charge in [0.1, 0.15) is 6.10 Å². The van der Waals surface area contributed by atoms with Gasteiger partial charge >= 0.3 is 0 Å². The number of ether oxygens (including phenoxy) is 1. The first-order valence-corrected chi connectivity index (χ1v) is 8.46. The van der Waals surface area contributed by atoms with Crippen molar-refractivity contribution in [3.05, 3.63) is 34.9 Å². The lowest BCUT2D eigenvalue weighted by atomic mass is 10.0. The number of halogens is 2. The Labute approximate surface area is 148 Å². The van der Waals surface area contributed by atoms with Gasteiger partial charge in [-0.25, -0.2) is 0 Å². The van der Waals surface area contributed by atoms with Crippen LogP contribution in [0.1, 0.15) is 30.9 Å². The number of nitrogens with zero attached hydrogens (tertiary/aromatic N) is 1. The SMILES string of the molecule is Cl.O=C(CCC1CCNC1)N1CCOC(c2ccc(Cl)cc2)C1. The van der Waals surface area contributed by atoms with Crippen molar-refractivity contribution in [3.63, 3.8) is 0 Å². The van der Waals surface area contributed by atoms with Crippen molar-refractivity contribution in [1.82, 2.24) is 10.2 Å². The fraction of sp³-hybridized carbons (Fsp3) is 0.588. The van der Waals surface area contributed by atoms with Crippen LogP contribution in [0.4, 0.5) is 0 Å². The predicted octanol–water partition coefficient (Wildman–Crippen LogP) is 3.05. The van der Waals surface area contributed by atoms with Crippen LogP contribution in [0.5, 0.6) is 0 Å². The Morgan fingerprint density at radius 2 is 2.13 bits per heavy atom. The van der Waals surface area contributed by atoms with E-state index in [0.29, 0.717) is 32.0 Å². The van der Waals surface area contributed by atoms with E-state index in [1.807, 2.05) is 29.2 Å². The summed E-state index contributed by atoms with van der Waals surface area (Å²) in [5.74, 6) is 0.922. The lowest BCUT2D eigenvalue weighted by Gasteiger charge is -2.33. The summed E-state index contributed by atoms with van der Waals surface area (Å²) in [6, 6.07) is 7.69. The van der Waals surface area contributed by atoms with E-state index in [9.17, 15) is 4.79 Å². The highest BCUT2D eigenvalue weighted by molar-refractivity contribution is 6.30. The molecule has 4 nitrogen and oxygen atoms in total. The van der Waals surface area contributed by atoms with Gasteiger partial charge in [0.15, 0.2) is 0 Å². The monoisotopic (exact) mass is 358 g/mol. The van der Waals surface area contributed by atoms with Gasteiger partial charge in [-0.2, -0.15) is 0 Å². The largest absolute Gasteiger partial charge is 0.370 e. The van der Waals surface area contributed by atoms with Gasteiger partial charge in [0.25, 0.3) is 0 Å². The lowest BCUT2D eigenvalue weighted by molar-refractivity contribution is -0.139. The summed E-state index contributed by atoms with van der Waals surface area (Å²) >= 11 is 5.92. The molecule has 2 unspecified atom stereocenters. The molecule has 2 fully saturated rings. The second kappa shape index (κ2) is 8.88. The summed E-state index contributed by atoms with van der Waals surface area (Å²) in [5.41, 5.74) is 1.09. The van der Waals surface area contributed by atoms with Crippen LogP contribution in [-0.2, 0) is 9.53 Å². The second-order valence-electron chi connectivity index (χ2n) is 6.15. The number of carbonyl (C=O) groups excluding carboxylic acids is 1. The maximum absolute atomic E-state index is 12.4. The van der Waals surface area contributed by atoms with Crippen LogP contribution in [0.2, 0.25) is 5.02 Å². The minimum Gasteiger partial charge on any atom is -0.370 e. The third kappa shape index (κ3) is 5.08. The second-order valence-corrected chi connectivity index (χ2v) is 6.58. The molecule has 1 amide bonds. The fourth-order valence-electron chi connectivity index (χ4n) is 3.20. The van der Waals surface area contributed by atoms with E-state index in [2.05, 4.69) is 5.32 Å². The zero-order chi connectivity index (χ0) is 15.4. The molecule has 0 saturated carbocycles. The van der Waals surface area contributed by atoms with Crippen LogP contribution in [-0.4, -0.2) is 43.6 Å². The molecule has 0 bridgehead atoms. The Hall–Kier alpha value is -0.810. The topological polar surface area (TPSA) is 41.6 Å². The predicted molar refractivity (Wildman–Crippen MR) is 94.2 cm³/mol. The summed E-state index contributed by atoms with van der Waals surface area (Å²) in [7, 11) is 0. The molecule has 1 aromatic carbocycles. The smallest absolute Gasteiger partial charge is 0.222 e. The molecule has 23 heavy (non-hydrogen) atoms. The van der Waals surface area contributed by atoms with Gasteiger partial charge in [0, 0.05) is 18.0 Å². The highest BCUT2D eigenvalue weighted by atomic mass is 35.5. The van der Waals surface area contributed by atoms with Crippen LogP contribution in [0.25, 0.3) is 0 Å². The zero-order valence-electron chi connectivity index (χ0n) is 13.2.